The van der Waals surface area contributed by atoms with Gasteiger partial charge in [-0.05, 0) is 81.1 Å². The number of unbranched alkanes of at least 4 members (excludes halogenated alkanes) is 3. The molecule has 0 spiro atoms. The van der Waals surface area contributed by atoms with Crippen LogP contribution in [0.1, 0.15) is 121 Å². The van der Waals surface area contributed by atoms with Crippen LogP contribution in [0.2, 0.25) is 0 Å². The lowest BCUT2D eigenvalue weighted by Crippen LogP contribution is -2.65. The summed E-state index contributed by atoms with van der Waals surface area (Å²) in [5.74, 6) is -9.15. The topological polar surface area (TPSA) is 145 Å². The number of ether oxygens (including phenoxy) is 12. The second kappa shape index (κ2) is 26.4. The summed E-state index contributed by atoms with van der Waals surface area (Å²) < 4.78 is 70.8. The Labute approximate surface area is 288 Å². The molecule has 0 aromatic rings. The molecule has 0 aliphatic heterocycles. The van der Waals surface area contributed by atoms with Crippen molar-refractivity contribution < 1.29 is 66.4 Å². The van der Waals surface area contributed by atoms with Crippen LogP contribution in [0.25, 0.3) is 0 Å². The molecule has 0 amide bonds. The molecule has 0 aliphatic rings. The summed E-state index contributed by atoms with van der Waals surface area (Å²) in [4.78, 5) is 26.3. The van der Waals surface area contributed by atoms with Crippen LogP contribution in [0.3, 0.4) is 0 Å². The normalized spacial score (nSPS) is 12.8. The summed E-state index contributed by atoms with van der Waals surface area (Å²) in [6.45, 7) is 19.7. The fraction of sp³-hybridized carbons (Fsp3) is 0.941. The van der Waals surface area contributed by atoms with E-state index in [0.29, 0.717) is 38.5 Å². The molecule has 0 heterocycles. The number of esters is 2. The van der Waals surface area contributed by atoms with Gasteiger partial charge in [-0.25, -0.2) is 0 Å². The van der Waals surface area contributed by atoms with Crippen LogP contribution in [0.4, 0.5) is 0 Å². The van der Waals surface area contributed by atoms with Crippen molar-refractivity contribution >= 4 is 11.9 Å². The smallest absolute Gasteiger partial charge is 0.401 e. The SMILES string of the molecule is CCCOC(OCC)(OCC)C(OCC)(OCC)OC(=O)CCCCCCC(=O)OC(OCC)(OCC)C(OCC)(OCC)OCCC. The molecule has 0 atom stereocenters. The zero-order valence-electron chi connectivity index (χ0n) is 31.4. The summed E-state index contributed by atoms with van der Waals surface area (Å²) in [6.07, 6.45) is 3.67. The van der Waals surface area contributed by atoms with E-state index in [1.54, 1.807) is 55.4 Å². The van der Waals surface area contributed by atoms with Gasteiger partial charge in [-0.15, -0.1) is 0 Å². The Kier molecular flexibility index (Phi) is 25.6. The van der Waals surface area contributed by atoms with Gasteiger partial charge in [-0.1, -0.05) is 26.7 Å². The second-order valence-corrected chi connectivity index (χ2v) is 10.2. The van der Waals surface area contributed by atoms with Gasteiger partial charge in [0.2, 0.25) is 0 Å². The third-order valence-corrected chi connectivity index (χ3v) is 6.43. The van der Waals surface area contributed by atoms with E-state index in [9.17, 15) is 9.59 Å². The predicted molar refractivity (Wildman–Crippen MR) is 176 cm³/mol. The number of rotatable bonds is 33. The van der Waals surface area contributed by atoms with Gasteiger partial charge in [0, 0.05) is 39.3 Å². The van der Waals surface area contributed by atoms with Crippen molar-refractivity contribution in [2.24, 2.45) is 0 Å². The zero-order chi connectivity index (χ0) is 36.4. The third kappa shape index (κ3) is 14.0. The van der Waals surface area contributed by atoms with Crippen LogP contribution in [-0.4, -0.2) is 102 Å². The van der Waals surface area contributed by atoms with Crippen molar-refractivity contribution in [3.8, 4) is 0 Å². The van der Waals surface area contributed by atoms with Crippen molar-refractivity contribution in [1.29, 1.82) is 0 Å². The summed E-state index contributed by atoms with van der Waals surface area (Å²) >= 11 is 0. The Balaban J connectivity index is 5.54. The van der Waals surface area contributed by atoms with Gasteiger partial charge in [0.25, 0.3) is 0 Å². The summed E-state index contributed by atoms with van der Waals surface area (Å²) in [5, 5.41) is 0. The molecule has 0 fully saturated rings. The van der Waals surface area contributed by atoms with Crippen molar-refractivity contribution in [2.75, 3.05) is 66.1 Å². The number of hydrogen-bond acceptors (Lipinski definition) is 14. The lowest BCUT2D eigenvalue weighted by atomic mass is 10.1. The van der Waals surface area contributed by atoms with Crippen LogP contribution >= 0.6 is 0 Å². The molecule has 0 aliphatic carbocycles. The molecule has 0 aromatic heterocycles. The van der Waals surface area contributed by atoms with E-state index in [0.717, 1.165) is 0 Å². The van der Waals surface area contributed by atoms with Crippen LogP contribution in [0.5, 0.6) is 0 Å². The maximum absolute atomic E-state index is 13.1. The van der Waals surface area contributed by atoms with Crippen LogP contribution in [-0.2, 0) is 66.4 Å². The highest BCUT2D eigenvalue weighted by molar-refractivity contribution is 5.70. The first kappa shape index (κ1) is 46.5. The minimum Gasteiger partial charge on any atom is -0.401 e. The number of hydrogen-bond donors (Lipinski definition) is 0. The van der Waals surface area contributed by atoms with Crippen LogP contribution in [0, 0.1) is 0 Å². The molecule has 14 heteroatoms. The molecule has 0 saturated heterocycles. The molecule has 0 rings (SSSR count). The van der Waals surface area contributed by atoms with Crippen LogP contribution < -0.4 is 0 Å². The quantitative estimate of drug-likeness (QED) is 0.0437. The first-order chi connectivity index (χ1) is 23.1. The van der Waals surface area contributed by atoms with E-state index in [1.807, 2.05) is 13.8 Å². The molecule has 0 bridgehead atoms. The monoisotopic (exact) mass is 698 g/mol. The summed E-state index contributed by atoms with van der Waals surface area (Å²) in [5.41, 5.74) is 0. The number of carbonyl (C=O) groups excluding carboxylic acids is 2. The molecule has 0 unspecified atom stereocenters. The molecular weight excluding hydrogens is 632 g/mol. The van der Waals surface area contributed by atoms with Gasteiger partial charge in [0.15, 0.2) is 0 Å². The lowest BCUT2D eigenvalue weighted by molar-refractivity contribution is -0.549. The Morgan fingerprint density at radius 3 is 0.833 bits per heavy atom. The Hall–Kier alpha value is -1.46. The van der Waals surface area contributed by atoms with Crippen LogP contribution in [0.15, 0.2) is 0 Å². The third-order valence-electron chi connectivity index (χ3n) is 6.43. The van der Waals surface area contributed by atoms with E-state index in [-0.39, 0.29) is 78.9 Å². The Morgan fingerprint density at radius 2 is 0.604 bits per heavy atom. The predicted octanol–water partition coefficient (Wildman–Crippen LogP) is 6.17. The number of carbonyl (C=O) groups is 2. The molecule has 48 heavy (non-hydrogen) atoms. The second-order valence-electron chi connectivity index (χ2n) is 10.2. The molecule has 14 nitrogen and oxygen atoms in total. The first-order valence-corrected chi connectivity index (χ1v) is 17.9. The fourth-order valence-electron chi connectivity index (χ4n) is 4.75. The maximum atomic E-state index is 13.1. The zero-order valence-corrected chi connectivity index (χ0v) is 31.4. The Morgan fingerprint density at radius 1 is 0.354 bits per heavy atom. The van der Waals surface area contributed by atoms with Crippen molar-refractivity contribution in [2.45, 2.75) is 144 Å². The molecular formula is C34H66O14. The highest BCUT2D eigenvalue weighted by atomic mass is 17.0. The highest BCUT2D eigenvalue weighted by Gasteiger charge is 2.64. The van der Waals surface area contributed by atoms with Gasteiger partial charge in [-0.3, -0.25) is 9.59 Å². The van der Waals surface area contributed by atoms with Gasteiger partial charge in [0.1, 0.15) is 0 Å². The van der Waals surface area contributed by atoms with Crippen molar-refractivity contribution in [3.05, 3.63) is 0 Å². The molecule has 0 radical (unpaired) electrons. The first-order valence-electron chi connectivity index (χ1n) is 17.9. The minimum atomic E-state index is -2.08. The van der Waals surface area contributed by atoms with Gasteiger partial charge < -0.3 is 56.8 Å². The largest absolute Gasteiger partial charge is 0.416 e. The average Bonchev–Trinajstić information content (AvgIpc) is 3.04. The van der Waals surface area contributed by atoms with E-state index in [4.69, 9.17) is 56.8 Å². The molecule has 286 valence electrons. The molecule has 0 saturated carbocycles. The maximum Gasteiger partial charge on any atom is 0.416 e. The average molecular weight is 699 g/mol. The summed E-state index contributed by atoms with van der Waals surface area (Å²) in [6, 6.07) is 0. The standard InChI is InChI=1S/C34H66O14/c1-11-27-45-31(37-13-3,38-14-4)33(41-17-7,42-18-8)47-29(35)25-23-21-22-24-26-30(36)48-34(43-19-9,44-20-10)32(39-15-5,40-16-6)46-28-12-2/h11-28H2,1-10H3. The lowest BCUT2D eigenvalue weighted by Gasteiger charge is -2.44. The van der Waals surface area contributed by atoms with Crippen molar-refractivity contribution in [3.63, 3.8) is 0 Å². The van der Waals surface area contributed by atoms with Gasteiger partial charge in [0.05, 0.1) is 39.6 Å². The van der Waals surface area contributed by atoms with E-state index >= 15 is 0 Å². The fourth-order valence-corrected chi connectivity index (χ4v) is 4.75. The molecule has 0 N–H and O–H groups in total. The minimum absolute atomic E-state index is 0.0618. The van der Waals surface area contributed by atoms with Gasteiger partial charge >= 0.3 is 35.8 Å². The summed E-state index contributed by atoms with van der Waals surface area (Å²) in [7, 11) is 0. The van der Waals surface area contributed by atoms with E-state index in [1.165, 1.54) is 0 Å². The Bertz CT molecular complexity index is 734. The van der Waals surface area contributed by atoms with Gasteiger partial charge in [-0.2, -0.15) is 0 Å². The molecule has 0 aromatic carbocycles. The van der Waals surface area contributed by atoms with Crippen molar-refractivity contribution in [1.82, 2.24) is 0 Å². The highest BCUT2D eigenvalue weighted by Crippen LogP contribution is 2.38. The van der Waals surface area contributed by atoms with E-state index in [2.05, 4.69) is 0 Å². The van der Waals surface area contributed by atoms with E-state index < -0.39 is 35.8 Å².